The molecule has 0 spiro atoms. The average Bonchev–Trinajstić information content (AvgIpc) is 2.85. The Labute approximate surface area is 79.4 Å². The molecule has 1 N–H and O–H groups in total. The molecule has 2 heteroatoms. The molecule has 1 aromatic rings. The van der Waals surface area contributed by atoms with Crippen LogP contribution in [-0.4, -0.2) is 11.0 Å². The summed E-state index contributed by atoms with van der Waals surface area (Å²) in [5, 5.41) is 3.43. The number of pyridine rings is 1. The van der Waals surface area contributed by atoms with Gasteiger partial charge in [-0.25, -0.2) is 4.98 Å². The van der Waals surface area contributed by atoms with Crippen LogP contribution in [0.25, 0.3) is 0 Å². The molecule has 0 radical (unpaired) electrons. The lowest BCUT2D eigenvalue weighted by atomic mass is 10.2. The second kappa shape index (κ2) is 3.36. The molecule has 2 rings (SSSR count). The van der Waals surface area contributed by atoms with Crippen molar-refractivity contribution in [3.05, 3.63) is 23.9 Å². The third kappa shape index (κ3) is 2.20. The molecule has 2 nitrogen and oxygen atoms in total. The van der Waals surface area contributed by atoms with Gasteiger partial charge < -0.3 is 5.32 Å². The molecule has 0 aromatic carbocycles. The van der Waals surface area contributed by atoms with Crippen molar-refractivity contribution in [2.75, 3.05) is 5.32 Å². The van der Waals surface area contributed by atoms with Crippen molar-refractivity contribution >= 4 is 5.82 Å². The first-order valence-electron chi connectivity index (χ1n) is 4.95. The van der Waals surface area contributed by atoms with Crippen molar-refractivity contribution in [1.29, 1.82) is 0 Å². The highest BCUT2D eigenvalue weighted by Crippen LogP contribution is 2.33. The van der Waals surface area contributed by atoms with Gasteiger partial charge in [-0.1, -0.05) is 0 Å². The minimum absolute atomic E-state index is 0.578. The summed E-state index contributed by atoms with van der Waals surface area (Å²) in [4.78, 5) is 4.28. The van der Waals surface area contributed by atoms with E-state index in [9.17, 15) is 0 Å². The van der Waals surface area contributed by atoms with Gasteiger partial charge in [-0.2, -0.15) is 0 Å². The highest BCUT2D eigenvalue weighted by molar-refractivity contribution is 5.38. The maximum atomic E-state index is 4.28. The minimum Gasteiger partial charge on any atom is -0.367 e. The van der Waals surface area contributed by atoms with Gasteiger partial charge in [0.25, 0.3) is 0 Å². The lowest BCUT2D eigenvalue weighted by Crippen LogP contribution is -2.17. The Morgan fingerprint density at radius 1 is 1.54 bits per heavy atom. The first-order valence-corrected chi connectivity index (χ1v) is 4.95. The summed E-state index contributed by atoms with van der Waals surface area (Å²) >= 11 is 0. The van der Waals surface area contributed by atoms with Crippen LogP contribution in [0.3, 0.4) is 0 Å². The second-order valence-corrected chi connectivity index (χ2v) is 3.99. The Kier molecular flexibility index (Phi) is 2.21. The maximum absolute atomic E-state index is 4.28. The van der Waals surface area contributed by atoms with Gasteiger partial charge in [0.05, 0.1) is 0 Å². The molecule has 1 atom stereocenters. The van der Waals surface area contributed by atoms with Crippen molar-refractivity contribution in [1.82, 2.24) is 4.98 Å². The van der Waals surface area contributed by atoms with Crippen LogP contribution in [0, 0.1) is 12.8 Å². The van der Waals surface area contributed by atoms with Gasteiger partial charge in [0.2, 0.25) is 0 Å². The van der Waals surface area contributed by atoms with E-state index in [0.717, 1.165) is 11.7 Å². The number of aryl methyl sites for hydroxylation is 1. The molecular weight excluding hydrogens is 160 g/mol. The van der Waals surface area contributed by atoms with Crippen molar-refractivity contribution in [2.24, 2.45) is 5.92 Å². The molecule has 1 unspecified atom stereocenters. The third-order valence-electron chi connectivity index (χ3n) is 2.62. The smallest absolute Gasteiger partial charge is 0.126 e. The number of aromatic nitrogens is 1. The SMILES string of the molecule is Cc1ccnc(NC(C)C2CC2)c1. The zero-order valence-electron chi connectivity index (χ0n) is 8.25. The summed E-state index contributed by atoms with van der Waals surface area (Å²) in [6.45, 7) is 4.33. The molecule has 13 heavy (non-hydrogen) atoms. The zero-order valence-corrected chi connectivity index (χ0v) is 8.25. The van der Waals surface area contributed by atoms with E-state index in [1.54, 1.807) is 0 Å². The molecule has 0 amide bonds. The van der Waals surface area contributed by atoms with Gasteiger partial charge in [0.15, 0.2) is 0 Å². The average molecular weight is 176 g/mol. The first kappa shape index (κ1) is 8.54. The van der Waals surface area contributed by atoms with Crippen LogP contribution in [0.2, 0.25) is 0 Å². The largest absolute Gasteiger partial charge is 0.367 e. The Morgan fingerprint density at radius 2 is 2.31 bits per heavy atom. The fraction of sp³-hybridized carbons (Fsp3) is 0.545. The van der Waals surface area contributed by atoms with Crippen LogP contribution >= 0.6 is 0 Å². The molecule has 0 aliphatic heterocycles. The normalized spacial score (nSPS) is 18.3. The molecule has 1 fully saturated rings. The number of hydrogen-bond donors (Lipinski definition) is 1. The van der Waals surface area contributed by atoms with Gasteiger partial charge in [0.1, 0.15) is 5.82 Å². The Balaban J connectivity index is 2.00. The lowest BCUT2D eigenvalue weighted by molar-refractivity contribution is 0.690. The summed E-state index contributed by atoms with van der Waals surface area (Å²) in [6, 6.07) is 4.69. The Hall–Kier alpha value is -1.05. The number of nitrogens with zero attached hydrogens (tertiary/aromatic N) is 1. The molecule has 0 saturated heterocycles. The van der Waals surface area contributed by atoms with Crippen molar-refractivity contribution in [3.8, 4) is 0 Å². The predicted octanol–water partition coefficient (Wildman–Crippen LogP) is 2.60. The number of hydrogen-bond acceptors (Lipinski definition) is 2. The number of nitrogens with one attached hydrogen (secondary N) is 1. The van der Waals surface area contributed by atoms with Gasteiger partial charge in [-0.15, -0.1) is 0 Å². The lowest BCUT2D eigenvalue weighted by Gasteiger charge is -2.13. The maximum Gasteiger partial charge on any atom is 0.126 e. The van der Waals surface area contributed by atoms with E-state index < -0.39 is 0 Å². The van der Waals surface area contributed by atoms with Crippen LogP contribution in [0.15, 0.2) is 18.3 Å². The van der Waals surface area contributed by atoms with Crippen molar-refractivity contribution in [2.45, 2.75) is 32.7 Å². The summed E-state index contributed by atoms with van der Waals surface area (Å²) in [5.41, 5.74) is 1.26. The highest BCUT2D eigenvalue weighted by atomic mass is 15.0. The Bertz CT molecular complexity index is 292. The summed E-state index contributed by atoms with van der Waals surface area (Å²) in [5.74, 6) is 1.89. The van der Waals surface area contributed by atoms with E-state index in [0.29, 0.717) is 6.04 Å². The minimum atomic E-state index is 0.578. The first-order chi connectivity index (χ1) is 6.25. The Morgan fingerprint density at radius 3 is 2.92 bits per heavy atom. The van der Waals surface area contributed by atoms with Crippen LogP contribution in [0.1, 0.15) is 25.3 Å². The van der Waals surface area contributed by atoms with Gasteiger partial charge >= 0.3 is 0 Å². The van der Waals surface area contributed by atoms with Crippen molar-refractivity contribution in [3.63, 3.8) is 0 Å². The molecule has 1 aromatic heterocycles. The summed E-state index contributed by atoms with van der Waals surface area (Å²) < 4.78 is 0. The van der Waals surface area contributed by atoms with Crippen LogP contribution in [0.5, 0.6) is 0 Å². The number of rotatable bonds is 3. The quantitative estimate of drug-likeness (QED) is 0.765. The molecule has 0 bridgehead atoms. The third-order valence-corrected chi connectivity index (χ3v) is 2.62. The van der Waals surface area contributed by atoms with Gasteiger partial charge in [-0.3, -0.25) is 0 Å². The summed E-state index contributed by atoms with van der Waals surface area (Å²) in [7, 11) is 0. The molecule has 70 valence electrons. The van der Waals surface area contributed by atoms with E-state index in [4.69, 9.17) is 0 Å². The second-order valence-electron chi connectivity index (χ2n) is 3.99. The van der Waals surface area contributed by atoms with Crippen molar-refractivity contribution < 1.29 is 0 Å². The van der Waals surface area contributed by atoms with E-state index >= 15 is 0 Å². The molecule has 1 heterocycles. The zero-order chi connectivity index (χ0) is 9.26. The number of anilines is 1. The fourth-order valence-corrected chi connectivity index (χ4v) is 1.56. The standard InChI is InChI=1S/C11H16N2/c1-8-5-6-12-11(7-8)13-9(2)10-3-4-10/h5-7,9-10H,3-4H2,1-2H3,(H,12,13). The summed E-state index contributed by atoms with van der Waals surface area (Å²) in [6.07, 6.45) is 4.61. The molecule has 1 saturated carbocycles. The van der Waals surface area contributed by atoms with E-state index in [1.165, 1.54) is 18.4 Å². The fourth-order valence-electron chi connectivity index (χ4n) is 1.56. The molecular formula is C11H16N2. The predicted molar refractivity (Wildman–Crippen MR) is 54.8 cm³/mol. The monoisotopic (exact) mass is 176 g/mol. The molecule has 1 aliphatic rings. The topological polar surface area (TPSA) is 24.9 Å². The van der Waals surface area contributed by atoms with Crippen LogP contribution in [-0.2, 0) is 0 Å². The van der Waals surface area contributed by atoms with E-state index in [-0.39, 0.29) is 0 Å². The van der Waals surface area contributed by atoms with E-state index in [1.807, 2.05) is 12.3 Å². The highest BCUT2D eigenvalue weighted by Gasteiger charge is 2.27. The van der Waals surface area contributed by atoms with E-state index in [2.05, 4.69) is 30.2 Å². The van der Waals surface area contributed by atoms with Gasteiger partial charge in [-0.05, 0) is 50.3 Å². The van der Waals surface area contributed by atoms with Crippen LogP contribution < -0.4 is 5.32 Å². The van der Waals surface area contributed by atoms with Gasteiger partial charge in [0, 0.05) is 12.2 Å². The van der Waals surface area contributed by atoms with Crippen LogP contribution in [0.4, 0.5) is 5.82 Å². The molecule has 1 aliphatic carbocycles.